The van der Waals surface area contributed by atoms with Gasteiger partial charge >= 0.3 is 7.60 Å². The Kier molecular flexibility index (Phi) is 4.29. The van der Waals surface area contributed by atoms with Gasteiger partial charge < -0.3 is 9.26 Å². The van der Waals surface area contributed by atoms with E-state index in [1.54, 1.807) is 38.3 Å². The second-order valence-electron chi connectivity index (χ2n) is 3.94. The highest BCUT2D eigenvalue weighted by Crippen LogP contribution is 2.60. The Morgan fingerprint density at radius 3 is 2.95 bits per heavy atom. The molecule has 104 valence electrons. The average molecular weight is 291 g/mol. The van der Waals surface area contributed by atoms with Crippen LogP contribution in [0.15, 0.2) is 35.7 Å². The van der Waals surface area contributed by atoms with Crippen molar-refractivity contribution in [3.8, 4) is 17.6 Å². The van der Waals surface area contributed by atoms with Crippen molar-refractivity contribution in [3.05, 3.63) is 41.2 Å². The number of benzene rings is 1. The first-order valence-corrected chi connectivity index (χ1v) is 7.58. The van der Waals surface area contributed by atoms with Crippen LogP contribution in [0.2, 0.25) is 0 Å². The first kappa shape index (κ1) is 14.4. The fraction of sp³-hybridized carbons (Fsp3) is 0.214. The lowest BCUT2D eigenvalue weighted by atomic mass is 10.1. The number of rotatable bonds is 4. The molecular formula is C14H14NO4P. The third-order valence-corrected chi connectivity index (χ3v) is 4.63. The summed E-state index contributed by atoms with van der Waals surface area (Å²) in [7, 11) is -1.90. The smallest absolute Gasteiger partial charge is 0.410 e. The van der Waals surface area contributed by atoms with E-state index in [1.165, 1.54) is 12.2 Å². The zero-order chi connectivity index (χ0) is 14.6. The number of nitrogens with zero attached hydrogens (tertiary/aromatic N) is 1. The van der Waals surface area contributed by atoms with Crippen LogP contribution in [0.25, 0.3) is 6.08 Å². The van der Waals surface area contributed by atoms with E-state index < -0.39 is 7.60 Å². The highest BCUT2D eigenvalue weighted by Gasteiger charge is 2.34. The lowest BCUT2D eigenvalue weighted by Crippen LogP contribution is -2.05. The lowest BCUT2D eigenvalue weighted by Gasteiger charge is -2.25. The monoisotopic (exact) mass is 291 g/mol. The van der Waals surface area contributed by atoms with E-state index in [0.29, 0.717) is 16.8 Å². The molecule has 0 spiro atoms. The standard InChI is InChI=1S/C14H14NO4P/c1-3-18-20(16)13(5-4-8-15)9-11-6-7-12(17-2)10-14(11)19-20/h4-7,9-10H,3H2,1-2H3/b5-4+. The zero-order valence-corrected chi connectivity index (χ0v) is 12.1. The number of nitriles is 1. The first-order valence-electron chi connectivity index (χ1n) is 6.03. The molecule has 1 aliphatic rings. The summed E-state index contributed by atoms with van der Waals surface area (Å²) in [5.74, 6) is 1.05. The highest BCUT2D eigenvalue weighted by atomic mass is 31.2. The summed E-state index contributed by atoms with van der Waals surface area (Å²) in [5.41, 5.74) is 0.759. The van der Waals surface area contributed by atoms with Crippen LogP contribution in [0.1, 0.15) is 12.5 Å². The van der Waals surface area contributed by atoms with Crippen molar-refractivity contribution in [1.82, 2.24) is 0 Å². The van der Waals surface area contributed by atoms with Crippen molar-refractivity contribution < 1.29 is 18.3 Å². The van der Waals surface area contributed by atoms with Crippen molar-refractivity contribution in [2.75, 3.05) is 13.7 Å². The largest absolute Gasteiger partial charge is 0.497 e. The van der Waals surface area contributed by atoms with Crippen LogP contribution in [-0.4, -0.2) is 13.7 Å². The molecule has 0 N–H and O–H groups in total. The summed E-state index contributed by atoms with van der Waals surface area (Å²) in [6.07, 6.45) is 4.39. The topological polar surface area (TPSA) is 68.6 Å². The molecule has 6 heteroatoms. The number of ether oxygens (including phenoxy) is 1. The molecule has 1 aromatic rings. The maximum absolute atomic E-state index is 12.7. The van der Waals surface area contributed by atoms with E-state index in [4.69, 9.17) is 19.0 Å². The molecule has 1 heterocycles. The van der Waals surface area contributed by atoms with E-state index >= 15 is 0 Å². The van der Waals surface area contributed by atoms with Crippen molar-refractivity contribution in [2.45, 2.75) is 6.92 Å². The third kappa shape index (κ3) is 2.77. The zero-order valence-electron chi connectivity index (χ0n) is 11.2. The molecular weight excluding hydrogens is 277 g/mol. The maximum atomic E-state index is 12.7. The highest BCUT2D eigenvalue weighted by molar-refractivity contribution is 7.59. The van der Waals surface area contributed by atoms with Crippen LogP contribution in [-0.2, 0) is 9.09 Å². The number of hydrogen-bond donors (Lipinski definition) is 0. The van der Waals surface area contributed by atoms with E-state index in [0.717, 1.165) is 5.56 Å². The number of fused-ring (bicyclic) bond motifs is 1. The Morgan fingerprint density at radius 2 is 2.30 bits per heavy atom. The molecule has 0 amide bonds. The van der Waals surface area contributed by atoms with Gasteiger partial charge in [0.05, 0.1) is 25.1 Å². The molecule has 1 unspecified atom stereocenters. The fourth-order valence-corrected chi connectivity index (χ4v) is 3.41. The van der Waals surface area contributed by atoms with Crippen molar-refractivity contribution >= 4 is 13.7 Å². The van der Waals surface area contributed by atoms with Crippen molar-refractivity contribution in [3.63, 3.8) is 0 Å². The molecule has 1 aliphatic heterocycles. The summed E-state index contributed by atoms with van der Waals surface area (Å²) in [5, 5.41) is 8.97. The maximum Gasteiger partial charge on any atom is 0.410 e. The second-order valence-corrected chi connectivity index (χ2v) is 5.89. The van der Waals surface area contributed by atoms with Gasteiger partial charge in [0.15, 0.2) is 0 Å². The van der Waals surface area contributed by atoms with Gasteiger partial charge in [-0.15, -0.1) is 0 Å². The predicted octanol–water partition coefficient (Wildman–Crippen LogP) is 3.74. The molecule has 1 aromatic carbocycles. The van der Waals surface area contributed by atoms with Crippen LogP contribution in [0.3, 0.4) is 0 Å². The van der Waals surface area contributed by atoms with Gasteiger partial charge in [-0.25, -0.2) is 4.57 Å². The van der Waals surface area contributed by atoms with Gasteiger partial charge in [0.1, 0.15) is 11.5 Å². The van der Waals surface area contributed by atoms with Crippen LogP contribution in [0.5, 0.6) is 11.5 Å². The molecule has 0 bridgehead atoms. The van der Waals surface area contributed by atoms with E-state index in [9.17, 15) is 4.57 Å². The van der Waals surface area contributed by atoms with Gasteiger partial charge in [-0.05, 0) is 31.2 Å². The van der Waals surface area contributed by atoms with Crippen molar-refractivity contribution in [1.29, 1.82) is 5.26 Å². The summed E-state index contributed by atoms with van der Waals surface area (Å²) < 4.78 is 28.6. The molecule has 1 atom stereocenters. The minimum absolute atomic E-state index is 0.244. The van der Waals surface area contributed by atoms with Gasteiger partial charge in [0.25, 0.3) is 0 Å². The van der Waals surface area contributed by atoms with Gasteiger partial charge in [0.2, 0.25) is 0 Å². The molecule has 20 heavy (non-hydrogen) atoms. The molecule has 0 saturated carbocycles. The van der Waals surface area contributed by atoms with E-state index in [2.05, 4.69) is 0 Å². The number of methoxy groups -OCH3 is 1. The lowest BCUT2D eigenvalue weighted by molar-refractivity contribution is 0.285. The predicted molar refractivity (Wildman–Crippen MR) is 75.6 cm³/mol. The van der Waals surface area contributed by atoms with Crippen LogP contribution >= 0.6 is 7.60 Å². The third-order valence-electron chi connectivity index (χ3n) is 2.69. The van der Waals surface area contributed by atoms with Gasteiger partial charge in [-0.2, -0.15) is 5.26 Å². The summed E-state index contributed by atoms with van der Waals surface area (Å²) in [6.45, 7) is 1.98. The molecule has 5 nitrogen and oxygen atoms in total. The van der Waals surface area contributed by atoms with Gasteiger partial charge in [0, 0.05) is 17.7 Å². The van der Waals surface area contributed by atoms with Gasteiger partial charge in [-0.1, -0.05) is 0 Å². The summed E-state index contributed by atoms with van der Waals surface area (Å²) in [6, 6.07) is 7.09. The molecule has 2 rings (SSSR count). The Balaban J connectivity index is 2.51. The SMILES string of the molecule is CCOP1(=O)Oc2cc(OC)ccc2C=C1/C=C/C#N. The molecule has 0 aliphatic carbocycles. The Hall–Kier alpha value is -2.02. The van der Waals surface area contributed by atoms with E-state index in [-0.39, 0.29) is 6.61 Å². The normalized spacial score (nSPS) is 20.8. The average Bonchev–Trinajstić information content (AvgIpc) is 2.44. The van der Waals surface area contributed by atoms with Gasteiger partial charge in [-0.3, -0.25) is 4.52 Å². The molecule has 0 aromatic heterocycles. The minimum atomic E-state index is -3.45. The number of allylic oxidation sites excluding steroid dienone is 3. The summed E-state index contributed by atoms with van der Waals surface area (Å²) in [4.78, 5) is 0. The van der Waals surface area contributed by atoms with Crippen LogP contribution < -0.4 is 9.26 Å². The first-order chi connectivity index (χ1) is 9.62. The second kappa shape index (κ2) is 5.96. The Labute approximate surface area is 117 Å². The van der Waals surface area contributed by atoms with Crippen LogP contribution in [0.4, 0.5) is 0 Å². The Bertz CT molecular complexity index is 658. The Morgan fingerprint density at radius 1 is 1.50 bits per heavy atom. The number of hydrogen-bond acceptors (Lipinski definition) is 5. The minimum Gasteiger partial charge on any atom is -0.497 e. The molecule has 0 fully saturated rings. The molecule has 0 saturated heterocycles. The van der Waals surface area contributed by atoms with E-state index in [1.807, 2.05) is 6.07 Å². The fourth-order valence-electron chi connectivity index (χ4n) is 1.79. The van der Waals surface area contributed by atoms with Crippen LogP contribution in [0, 0.1) is 11.3 Å². The quantitative estimate of drug-likeness (QED) is 0.624. The molecule has 0 radical (unpaired) electrons. The van der Waals surface area contributed by atoms with Crippen molar-refractivity contribution in [2.24, 2.45) is 0 Å². The summed E-state index contributed by atoms with van der Waals surface area (Å²) >= 11 is 0.